The zero-order valence-electron chi connectivity index (χ0n) is 15.4. The van der Waals surface area contributed by atoms with E-state index in [0.29, 0.717) is 31.1 Å². The highest BCUT2D eigenvalue weighted by Crippen LogP contribution is 2.20. The minimum atomic E-state index is -0.242. The SMILES string of the molecule is COCCc1ccnc(NC(=O)C2CCCN(C(=O)c3ccncc3)C2)c1. The molecule has 142 valence electrons. The Balaban J connectivity index is 1.61. The second-order valence-corrected chi connectivity index (χ2v) is 6.61. The van der Waals surface area contributed by atoms with E-state index >= 15 is 0 Å². The predicted molar refractivity (Wildman–Crippen MR) is 101 cm³/mol. The predicted octanol–water partition coefficient (Wildman–Crippen LogP) is 2.16. The number of anilines is 1. The fraction of sp³-hybridized carbons (Fsp3) is 0.400. The molecule has 27 heavy (non-hydrogen) atoms. The second kappa shape index (κ2) is 9.23. The van der Waals surface area contributed by atoms with Gasteiger partial charge in [0.1, 0.15) is 5.82 Å². The van der Waals surface area contributed by atoms with Gasteiger partial charge in [0.05, 0.1) is 12.5 Å². The summed E-state index contributed by atoms with van der Waals surface area (Å²) in [7, 11) is 1.66. The van der Waals surface area contributed by atoms with E-state index in [4.69, 9.17) is 4.74 Å². The summed E-state index contributed by atoms with van der Waals surface area (Å²) < 4.78 is 5.08. The lowest BCUT2D eigenvalue weighted by Gasteiger charge is -2.32. The van der Waals surface area contributed by atoms with Crippen molar-refractivity contribution in [1.29, 1.82) is 0 Å². The summed E-state index contributed by atoms with van der Waals surface area (Å²) in [6.07, 6.45) is 7.21. The van der Waals surface area contributed by atoms with Crippen molar-refractivity contribution in [3.8, 4) is 0 Å². The van der Waals surface area contributed by atoms with Gasteiger partial charge < -0.3 is 15.0 Å². The third-order valence-electron chi connectivity index (χ3n) is 4.68. The summed E-state index contributed by atoms with van der Waals surface area (Å²) in [6.45, 7) is 1.69. The van der Waals surface area contributed by atoms with E-state index in [9.17, 15) is 9.59 Å². The highest BCUT2D eigenvalue weighted by molar-refractivity contribution is 5.96. The quantitative estimate of drug-likeness (QED) is 0.845. The van der Waals surface area contributed by atoms with Gasteiger partial charge in [0.25, 0.3) is 5.91 Å². The van der Waals surface area contributed by atoms with E-state index in [1.165, 1.54) is 0 Å². The standard InChI is InChI=1S/C20H24N4O3/c1-27-12-7-15-4-10-22-18(13-15)23-19(25)17-3-2-11-24(14-17)20(26)16-5-8-21-9-6-16/h4-6,8-10,13,17H,2-3,7,11-12,14H2,1H3,(H,22,23,25). The van der Waals surface area contributed by atoms with Gasteiger partial charge in [-0.3, -0.25) is 14.6 Å². The van der Waals surface area contributed by atoms with Crippen molar-refractivity contribution < 1.29 is 14.3 Å². The number of aromatic nitrogens is 2. The van der Waals surface area contributed by atoms with Crippen LogP contribution in [-0.2, 0) is 16.0 Å². The lowest BCUT2D eigenvalue weighted by Crippen LogP contribution is -2.43. The van der Waals surface area contributed by atoms with Gasteiger partial charge in [0, 0.05) is 44.4 Å². The maximum Gasteiger partial charge on any atom is 0.253 e. The Kier molecular flexibility index (Phi) is 6.49. The Morgan fingerprint density at radius 2 is 2.07 bits per heavy atom. The van der Waals surface area contributed by atoms with Crippen LogP contribution in [0.4, 0.5) is 5.82 Å². The summed E-state index contributed by atoms with van der Waals surface area (Å²) in [6, 6.07) is 7.16. The largest absolute Gasteiger partial charge is 0.384 e. The molecule has 2 amide bonds. The minimum absolute atomic E-state index is 0.0606. The van der Waals surface area contributed by atoms with Gasteiger partial charge in [-0.25, -0.2) is 4.98 Å². The molecule has 1 aliphatic rings. The number of ether oxygens (including phenoxy) is 1. The molecular weight excluding hydrogens is 344 g/mol. The van der Waals surface area contributed by atoms with Gasteiger partial charge in [-0.15, -0.1) is 0 Å². The molecule has 1 saturated heterocycles. The molecule has 2 aromatic heterocycles. The van der Waals surface area contributed by atoms with Crippen molar-refractivity contribution >= 4 is 17.6 Å². The molecule has 0 bridgehead atoms. The molecule has 0 radical (unpaired) electrons. The van der Waals surface area contributed by atoms with E-state index in [0.717, 1.165) is 24.8 Å². The average molecular weight is 368 g/mol. The Labute approximate surface area is 158 Å². The summed E-state index contributed by atoms with van der Waals surface area (Å²) in [5.41, 5.74) is 1.65. The molecule has 7 heteroatoms. The molecule has 0 saturated carbocycles. The number of methoxy groups -OCH3 is 1. The van der Waals surface area contributed by atoms with Crippen LogP contribution in [0, 0.1) is 5.92 Å². The molecule has 1 atom stereocenters. The minimum Gasteiger partial charge on any atom is -0.384 e. The van der Waals surface area contributed by atoms with Gasteiger partial charge in [0.15, 0.2) is 0 Å². The molecule has 0 aliphatic carbocycles. The molecule has 1 aliphatic heterocycles. The number of nitrogens with zero attached hydrogens (tertiary/aromatic N) is 3. The zero-order valence-corrected chi connectivity index (χ0v) is 15.4. The second-order valence-electron chi connectivity index (χ2n) is 6.61. The topological polar surface area (TPSA) is 84.4 Å². The molecule has 2 aromatic rings. The smallest absolute Gasteiger partial charge is 0.253 e. The van der Waals surface area contributed by atoms with Gasteiger partial charge in [-0.2, -0.15) is 0 Å². The van der Waals surface area contributed by atoms with Gasteiger partial charge in [-0.1, -0.05) is 0 Å². The van der Waals surface area contributed by atoms with E-state index in [-0.39, 0.29) is 17.7 Å². The first kappa shape index (κ1) is 19.0. The highest BCUT2D eigenvalue weighted by Gasteiger charge is 2.29. The Morgan fingerprint density at radius 1 is 1.26 bits per heavy atom. The zero-order chi connectivity index (χ0) is 19.1. The molecule has 0 spiro atoms. The fourth-order valence-corrected chi connectivity index (χ4v) is 3.20. The third-order valence-corrected chi connectivity index (χ3v) is 4.68. The van der Waals surface area contributed by atoms with Crippen LogP contribution < -0.4 is 5.32 Å². The first-order valence-electron chi connectivity index (χ1n) is 9.11. The Hall–Kier alpha value is -2.80. The molecule has 1 unspecified atom stereocenters. The number of carbonyl (C=O) groups is 2. The number of hydrogen-bond acceptors (Lipinski definition) is 5. The van der Waals surface area contributed by atoms with Crippen LogP contribution >= 0.6 is 0 Å². The number of nitrogens with one attached hydrogen (secondary N) is 1. The highest BCUT2D eigenvalue weighted by atomic mass is 16.5. The summed E-state index contributed by atoms with van der Waals surface area (Å²) in [4.78, 5) is 35.2. The summed E-state index contributed by atoms with van der Waals surface area (Å²) >= 11 is 0. The number of hydrogen-bond donors (Lipinski definition) is 1. The van der Waals surface area contributed by atoms with Crippen LogP contribution in [0.2, 0.25) is 0 Å². The summed E-state index contributed by atoms with van der Waals surface area (Å²) in [5, 5.41) is 2.89. The Morgan fingerprint density at radius 3 is 2.85 bits per heavy atom. The van der Waals surface area contributed by atoms with E-state index in [2.05, 4.69) is 15.3 Å². The van der Waals surface area contributed by atoms with Crippen molar-refractivity contribution in [2.45, 2.75) is 19.3 Å². The number of rotatable bonds is 6. The molecule has 3 heterocycles. The maximum absolute atomic E-state index is 12.7. The van der Waals surface area contributed by atoms with Crippen LogP contribution in [0.3, 0.4) is 0 Å². The summed E-state index contributed by atoms with van der Waals surface area (Å²) in [5.74, 6) is 0.133. The maximum atomic E-state index is 12.7. The van der Waals surface area contributed by atoms with Crippen molar-refractivity contribution in [2.24, 2.45) is 5.92 Å². The van der Waals surface area contributed by atoms with Crippen molar-refractivity contribution in [3.05, 3.63) is 54.0 Å². The molecule has 1 fully saturated rings. The van der Waals surface area contributed by atoms with E-state index in [1.807, 2.05) is 12.1 Å². The van der Waals surface area contributed by atoms with Crippen LogP contribution in [-0.4, -0.2) is 53.5 Å². The lowest BCUT2D eigenvalue weighted by atomic mass is 9.96. The van der Waals surface area contributed by atoms with E-state index < -0.39 is 0 Å². The van der Waals surface area contributed by atoms with Crippen LogP contribution in [0.25, 0.3) is 0 Å². The Bertz CT molecular complexity index is 782. The molecule has 7 nitrogen and oxygen atoms in total. The number of amides is 2. The molecule has 0 aromatic carbocycles. The monoisotopic (exact) mass is 368 g/mol. The molecule has 3 rings (SSSR count). The first-order chi connectivity index (χ1) is 13.2. The van der Waals surface area contributed by atoms with Crippen LogP contribution in [0.5, 0.6) is 0 Å². The van der Waals surface area contributed by atoms with Gasteiger partial charge in [-0.05, 0) is 49.1 Å². The number of carbonyl (C=O) groups excluding carboxylic acids is 2. The lowest BCUT2D eigenvalue weighted by molar-refractivity contribution is -0.121. The van der Waals surface area contributed by atoms with E-state index in [1.54, 1.807) is 42.7 Å². The molecule has 1 N–H and O–H groups in total. The number of pyridine rings is 2. The van der Waals surface area contributed by atoms with Crippen LogP contribution in [0.1, 0.15) is 28.8 Å². The van der Waals surface area contributed by atoms with Gasteiger partial charge in [0.2, 0.25) is 5.91 Å². The first-order valence-corrected chi connectivity index (χ1v) is 9.11. The van der Waals surface area contributed by atoms with Crippen molar-refractivity contribution in [2.75, 3.05) is 32.1 Å². The van der Waals surface area contributed by atoms with Gasteiger partial charge >= 0.3 is 0 Å². The fourth-order valence-electron chi connectivity index (χ4n) is 3.20. The van der Waals surface area contributed by atoms with Crippen LogP contribution in [0.15, 0.2) is 42.9 Å². The average Bonchev–Trinajstić information content (AvgIpc) is 2.72. The number of piperidine rings is 1. The van der Waals surface area contributed by atoms with Crippen molar-refractivity contribution in [1.82, 2.24) is 14.9 Å². The normalized spacial score (nSPS) is 16.8. The third kappa shape index (κ3) is 5.10. The number of likely N-dealkylation sites (tertiary alicyclic amines) is 1. The van der Waals surface area contributed by atoms with Crippen molar-refractivity contribution in [3.63, 3.8) is 0 Å². The molecular formula is C20H24N4O3.